The molecule has 0 radical (unpaired) electrons. The minimum atomic E-state index is -0.817. The number of hydrogen-bond acceptors (Lipinski definition) is 2. The van der Waals surface area contributed by atoms with Crippen molar-refractivity contribution in [2.45, 2.75) is 39.0 Å². The molecule has 0 bridgehead atoms. The zero-order valence-electron chi connectivity index (χ0n) is 13.0. The molecule has 0 aromatic heterocycles. The summed E-state index contributed by atoms with van der Waals surface area (Å²) in [5.41, 5.74) is 0.257. The summed E-state index contributed by atoms with van der Waals surface area (Å²) in [6.45, 7) is 3.23. The highest BCUT2D eigenvalue weighted by molar-refractivity contribution is 6.30. The summed E-state index contributed by atoms with van der Waals surface area (Å²) >= 11 is 5.93. The van der Waals surface area contributed by atoms with E-state index < -0.39 is 5.41 Å². The van der Waals surface area contributed by atoms with E-state index in [9.17, 15) is 9.59 Å². The molecule has 1 saturated carbocycles. The summed E-state index contributed by atoms with van der Waals surface area (Å²) < 4.78 is 0. The van der Waals surface area contributed by atoms with Gasteiger partial charge in [-0.05, 0) is 43.4 Å². The van der Waals surface area contributed by atoms with Crippen molar-refractivity contribution in [1.82, 2.24) is 10.6 Å². The Kier molecular flexibility index (Phi) is 5.83. The second-order valence-electron chi connectivity index (χ2n) is 5.83. The minimum absolute atomic E-state index is 0.124. The van der Waals surface area contributed by atoms with Crippen molar-refractivity contribution in [2.24, 2.45) is 5.41 Å². The molecule has 1 aliphatic carbocycles. The van der Waals surface area contributed by atoms with Gasteiger partial charge in [-0.25, -0.2) is 0 Å². The molecule has 0 spiro atoms. The fourth-order valence-corrected chi connectivity index (χ4v) is 2.63. The number of carbonyl (C=O) groups is 2. The molecule has 1 aromatic rings. The Labute approximate surface area is 136 Å². The molecule has 1 fully saturated rings. The summed E-state index contributed by atoms with van der Waals surface area (Å²) in [5, 5.41) is 6.44. The molecule has 1 aromatic carbocycles. The first kappa shape index (κ1) is 16.8. The maximum absolute atomic E-state index is 12.3. The van der Waals surface area contributed by atoms with Crippen LogP contribution < -0.4 is 10.6 Å². The number of rotatable bonds is 8. The third-order valence-corrected chi connectivity index (χ3v) is 4.26. The van der Waals surface area contributed by atoms with Crippen LogP contribution in [0.1, 0.15) is 38.2 Å². The van der Waals surface area contributed by atoms with Crippen LogP contribution in [0.2, 0.25) is 5.02 Å². The molecule has 5 heteroatoms. The molecule has 2 N–H and O–H groups in total. The number of unbranched alkanes of at least 4 members (excludes halogenated alkanes) is 1. The average Bonchev–Trinajstić information content (AvgIpc) is 3.29. The lowest BCUT2D eigenvalue weighted by Crippen LogP contribution is -2.43. The van der Waals surface area contributed by atoms with Crippen molar-refractivity contribution in [3.63, 3.8) is 0 Å². The molecular weight excluding hydrogens is 300 g/mol. The van der Waals surface area contributed by atoms with Gasteiger partial charge < -0.3 is 10.6 Å². The third kappa shape index (κ3) is 4.23. The van der Waals surface area contributed by atoms with Crippen molar-refractivity contribution in [1.29, 1.82) is 0 Å². The van der Waals surface area contributed by atoms with Crippen LogP contribution in [0, 0.1) is 5.41 Å². The van der Waals surface area contributed by atoms with Gasteiger partial charge in [0.05, 0.1) is 0 Å². The second-order valence-corrected chi connectivity index (χ2v) is 6.26. The maximum atomic E-state index is 12.3. The van der Waals surface area contributed by atoms with Crippen molar-refractivity contribution >= 4 is 23.4 Å². The van der Waals surface area contributed by atoms with Crippen LogP contribution in [-0.2, 0) is 16.0 Å². The Balaban J connectivity index is 1.78. The summed E-state index contributed by atoms with van der Waals surface area (Å²) in [7, 11) is 0. The molecule has 120 valence electrons. The Morgan fingerprint density at radius 2 is 1.86 bits per heavy atom. The average molecular weight is 323 g/mol. The van der Waals surface area contributed by atoms with E-state index in [4.69, 9.17) is 11.6 Å². The van der Waals surface area contributed by atoms with Crippen LogP contribution in [0.3, 0.4) is 0 Å². The van der Waals surface area contributed by atoms with E-state index >= 15 is 0 Å². The number of benzene rings is 1. The summed E-state index contributed by atoms with van der Waals surface area (Å²) in [6, 6.07) is 7.58. The van der Waals surface area contributed by atoms with Crippen LogP contribution in [0.25, 0.3) is 0 Å². The fourth-order valence-electron chi connectivity index (χ4n) is 2.41. The van der Waals surface area contributed by atoms with E-state index in [-0.39, 0.29) is 11.8 Å². The first-order chi connectivity index (χ1) is 10.6. The molecule has 0 unspecified atom stereocenters. The fraction of sp³-hybridized carbons (Fsp3) is 0.529. The van der Waals surface area contributed by atoms with Gasteiger partial charge in [-0.2, -0.15) is 0 Å². The topological polar surface area (TPSA) is 58.2 Å². The van der Waals surface area contributed by atoms with E-state index in [1.54, 1.807) is 0 Å². The van der Waals surface area contributed by atoms with Gasteiger partial charge in [0.15, 0.2) is 0 Å². The normalized spacial score (nSPS) is 15.2. The van der Waals surface area contributed by atoms with E-state index in [1.807, 2.05) is 24.3 Å². The number of halogens is 1. The predicted molar refractivity (Wildman–Crippen MR) is 87.8 cm³/mol. The molecule has 1 aliphatic rings. The zero-order chi connectivity index (χ0) is 16.0. The summed E-state index contributed by atoms with van der Waals surface area (Å²) in [5.74, 6) is -0.273. The van der Waals surface area contributed by atoms with E-state index in [2.05, 4.69) is 17.6 Å². The lowest BCUT2D eigenvalue weighted by Gasteiger charge is -2.15. The zero-order valence-corrected chi connectivity index (χ0v) is 13.7. The molecular formula is C17H23ClN2O2. The van der Waals surface area contributed by atoms with Crippen LogP contribution in [-0.4, -0.2) is 24.9 Å². The van der Waals surface area contributed by atoms with E-state index in [1.165, 1.54) is 0 Å². The number of carbonyl (C=O) groups excluding carboxylic acids is 2. The molecule has 0 saturated heterocycles. The maximum Gasteiger partial charge on any atom is 0.235 e. The molecule has 22 heavy (non-hydrogen) atoms. The lowest BCUT2D eigenvalue weighted by molar-refractivity contribution is -0.137. The van der Waals surface area contributed by atoms with Crippen LogP contribution in [0.5, 0.6) is 0 Å². The van der Waals surface area contributed by atoms with Gasteiger partial charge in [-0.15, -0.1) is 0 Å². The van der Waals surface area contributed by atoms with E-state index in [0.717, 1.165) is 18.4 Å². The minimum Gasteiger partial charge on any atom is -0.355 e. The largest absolute Gasteiger partial charge is 0.355 e. The molecule has 2 rings (SSSR count). The van der Waals surface area contributed by atoms with Gasteiger partial charge in [0.1, 0.15) is 5.41 Å². The number of hydrogen-bond donors (Lipinski definition) is 2. The Morgan fingerprint density at radius 1 is 1.18 bits per heavy atom. The summed E-state index contributed by atoms with van der Waals surface area (Å²) in [4.78, 5) is 24.4. The molecule has 4 nitrogen and oxygen atoms in total. The quantitative estimate of drug-likeness (QED) is 0.571. The van der Waals surface area contributed by atoms with Gasteiger partial charge >= 0.3 is 0 Å². The highest BCUT2D eigenvalue weighted by Gasteiger charge is 2.56. The first-order valence-corrected chi connectivity index (χ1v) is 8.27. The molecule has 0 atom stereocenters. The lowest BCUT2D eigenvalue weighted by atomic mass is 10.0. The van der Waals surface area contributed by atoms with Crippen molar-refractivity contribution in [3.8, 4) is 0 Å². The van der Waals surface area contributed by atoms with Crippen LogP contribution in [0.4, 0.5) is 0 Å². The standard InChI is InChI=1S/C17H23ClN2O2/c1-2-3-10-19-15(21)17(8-9-17)16(22)20-11-7-13-5-4-6-14(18)12-13/h4-6,12H,2-3,7-11H2,1H3,(H,19,21)(H,20,22). The molecule has 2 amide bonds. The van der Waals surface area contributed by atoms with Gasteiger partial charge in [-0.1, -0.05) is 37.1 Å². The second kappa shape index (κ2) is 7.63. The molecule has 0 heterocycles. The monoisotopic (exact) mass is 322 g/mol. The van der Waals surface area contributed by atoms with Crippen LogP contribution >= 0.6 is 11.6 Å². The van der Waals surface area contributed by atoms with Gasteiger partial charge in [0.25, 0.3) is 0 Å². The first-order valence-electron chi connectivity index (χ1n) is 7.89. The van der Waals surface area contributed by atoms with Gasteiger partial charge in [0, 0.05) is 18.1 Å². The Bertz CT molecular complexity index is 541. The van der Waals surface area contributed by atoms with E-state index in [0.29, 0.717) is 37.4 Å². The van der Waals surface area contributed by atoms with Crippen LogP contribution in [0.15, 0.2) is 24.3 Å². The highest BCUT2D eigenvalue weighted by Crippen LogP contribution is 2.46. The highest BCUT2D eigenvalue weighted by atomic mass is 35.5. The number of amides is 2. The van der Waals surface area contributed by atoms with Gasteiger partial charge in [-0.3, -0.25) is 9.59 Å². The van der Waals surface area contributed by atoms with Gasteiger partial charge in [0.2, 0.25) is 11.8 Å². The van der Waals surface area contributed by atoms with Crippen molar-refractivity contribution in [2.75, 3.05) is 13.1 Å². The number of nitrogens with one attached hydrogen (secondary N) is 2. The van der Waals surface area contributed by atoms with Crippen molar-refractivity contribution < 1.29 is 9.59 Å². The molecule has 0 aliphatic heterocycles. The van der Waals surface area contributed by atoms with Crippen molar-refractivity contribution in [3.05, 3.63) is 34.9 Å². The Hall–Kier alpha value is -1.55. The summed E-state index contributed by atoms with van der Waals surface area (Å²) in [6.07, 6.45) is 3.97. The Morgan fingerprint density at radius 3 is 2.45 bits per heavy atom. The third-order valence-electron chi connectivity index (χ3n) is 4.02. The smallest absolute Gasteiger partial charge is 0.235 e. The predicted octanol–water partition coefficient (Wildman–Crippen LogP) is 2.70. The SMILES string of the molecule is CCCCNC(=O)C1(C(=O)NCCc2cccc(Cl)c2)CC1.